The number of aliphatic hydroxyl groups excluding tert-OH is 1. The van der Waals surface area contributed by atoms with Crippen LogP contribution in [0, 0.1) is 5.92 Å². The maximum absolute atomic E-state index is 13.0. The van der Waals surface area contributed by atoms with E-state index in [1.807, 2.05) is 49.4 Å². The molecule has 0 saturated carbocycles. The molecule has 0 aromatic heterocycles. The Morgan fingerprint density at radius 3 is 2.16 bits per heavy atom. The first-order chi connectivity index (χ1) is 23.7. The first-order valence-electron chi connectivity index (χ1n) is 17.2. The van der Waals surface area contributed by atoms with Crippen molar-refractivity contribution in [1.82, 2.24) is 0 Å². The van der Waals surface area contributed by atoms with E-state index in [-0.39, 0.29) is 25.2 Å². The number of aliphatic hydroxyl groups is 2. The van der Waals surface area contributed by atoms with Crippen LogP contribution in [0.2, 0.25) is 0 Å². The smallest absolute Gasteiger partial charge is 0.344 e. The van der Waals surface area contributed by atoms with Crippen LogP contribution in [-0.2, 0) is 42.9 Å². The number of carbonyl (C=O) groups is 5. The molecule has 2 fully saturated rings. The fourth-order valence-electron chi connectivity index (χ4n) is 6.73. The minimum atomic E-state index is -3.84. The van der Waals surface area contributed by atoms with Gasteiger partial charge < -0.3 is 44.5 Å². The number of benzene rings is 1. The Kier molecular flexibility index (Phi) is 14.5. The zero-order chi connectivity index (χ0) is 37.1. The molecule has 2 aliphatic rings. The second kappa shape index (κ2) is 17.9. The molecule has 2 heterocycles. The van der Waals surface area contributed by atoms with Gasteiger partial charge in [-0.1, -0.05) is 94.9 Å². The van der Waals surface area contributed by atoms with Crippen molar-refractivity contribution in [2.75, 3.05) is 0 Å². The maximum Gasteiger partial charge on any atom is 0.344 e. The van der Waals surface area contributed by atoms with Crippen LogP contribution in [0.1, 0.15) is 103 Å². The molecule has 8 atom stereocenters. The molecule has 14 heteroatoms. The van der Waals surface area contributed by atoms with Crippen molar-refractivity contribution >= 4 is 35.9 Å². The van der Waals surface area contributed by atoms with Gasteiger partial charge in [-0.15, -0.1) is 0 Å². The number of carbonyl (C=O) groups excluding carboxylic acids is 2. The van der Waals surface area contributed by atoms with Crippen molar-refractivity contribution in [3.63, 3.8) is 0 Å². The Morgan fingerprint density at radius 1 is 0.940 bits per heavy atom. The fourth-order valence-corrected chi connectivity index (χ4v) is 6.73. The van der Waals surface area contributed by atoms with Gasteiger partial charge in [-0.3, -0.25) is 9.59 Å². The molecule has 1 aromatic carbocycles. The molecule has 0 amide bonds. The number of rotatable bonds is 21. The van der Waals surface area contributed by atoms with Gasteiger partial charge in [-0.2, -0.15) is 0 Å². The highest BCUT2D eigenvalue weighted by Gasteiger charge is 2.85. The van der Waals surface area contributed by atoms with Crippen LogP contribution in [0.5, 0.6) is 0 Å². The number of unbranched alkanes of at least 4 members (excludes halogenated alkanes) is 6. The lowest BCUT2D eigenvalue weighted by Crippen LogP contribution is -2.78. The summed E-state index contributed by atoms with van der Waals surface area (Å²) in [6.07, 6.45) is 1.74. The normalized spacial score (nSPS) is 28.5. The summed E-state index contributed by atoms with van der Waals surface area (Å²) in [6.45, 7) is 5.18. The van der Waals surface area contributed by atoms with Crippen molar-refractivity contribution in [2.24, 2.45) is 5.92 Å². The van der Waals surface area contributed by atoms with Crippen LogP contribution in [0.25, 0.3) is 6.08 Å². The van der Waals surface area contributed by atoms with E-state index in [2.05, 4.69) is 6.92 Å². The van der Waals surface area contributed by atoms with Gasteiger partial charge in [0, 0.05) is 19.8 Å². The molecule has 0 spiro atoms. The van der Waals surface area contributed by atoms with Crippen LogP contribution < -0.4 is 0 Å². The molecular weight excluding hydrogens is 656 g/mol. The van der Waals surface area contributed by atoms with Gasteiger partial charge in [-0.25, -0.2) is 14.4 Å². The van der Waals surface area contributed by atoms with Crippen molar-refractivity contribution in [2.45, 2.75) is 139 Å². The lowest BCUT2D eigenvalue weighted by molar-refractivity contribution is -0.374. The Labute approximate surface area is 291 Å². The summed E-state index contributed by atoms with van der Waals surface area (Å²) in [6, 6.07) is 9.53. The van der Waals surface area contributed by atoms with Crippen molar-refractivity contribution < 1.29 is 68.5 Å². The van der Waals surface area contributed by atoms with Crippen molar-refractivity contribution in [3.05, 3.63) is 42.0 Å². The predicted octanol–water partition coefficient (Wildman–Crippen LogP) is 4.09. The lowest BCUT2D eigenvalue weighted by atomic mass is 9.74. The number of esters is 2. The van der Waals surface area contributed by atoms with Crippen LogP contribution in [-0.4, -0.2) is 96.8 Å². The zero-order valence-electron chi connectivity index (χ0n) is 28.8. The molecule has 2 unspecified atom stereocenters. The van der Waals surface area contributed by atoms with Crippen LogP contribution >= 0.6 is 0 Å². The number of carboxylic acid groups (broad SMARTS) is 3. The Bertz CT molecular complexity index is 1360. The highest BCUT2D eigenvalue weighted by Crippen LogP contribution is 2.55. The molecule has 0 aliphatic carbocycles. The molecule has 50 heavy (non-hydrogen) atoms. The van der Waals surface area contributed by atoms with Crippen molar-refractivity contribution in [1.29, 1.82) is 0 Å². The summed E-state index contributed by atoms with van der Waals surface area (Å²) in [5.41, 5.74) is -6.34. The summed E-state index contributed by atoms with van der Waals surface area (Å²) in [5.74, 6) is -10.9. The van der Waals surface area contributed by atoms with E-state index in [0.717, 1.165) is 37.7 Å². The third-order valence-corrected chi connectivity index (χ3v) is 9.43. The number of allylic oxidation sites excluding steroid dienone is 1. The molecule has 278 valence electrons. The van der Waals surface area contributed by atoms with Gasteiger partial charge >= 0.3 is 29.8 Å². The predicted molar refractivity (Wildman–Crippen MR) is 176 cm³/mol. The molecule has 2 saturated heterocycles. The first kappa shape index (κ1) is 40.6. The molecule has 14 nitrogen and oxygen atoms in total. The maximum atomic E-state index is 13.0. The van der Waals surface area contributed by atoms with Gasteiger partial charge in [0.05, 0.1) is 0 Å². The van der Waals surface area contributed by atoms with Gasteiger partial charge in [0.1, 0.15) is 12.2 Å². The molecule has 2 aliphatic heterocycles. The van der Waals surface area contributed by atoms with E-state index < -0.39 is 77.7 Å². The summed E-state index contributed by atoms with van der Waals surface area (Å²) >= 11 is 0. The molecule has 2 bridgehead atoms. The van der Waals surface area contributed by atoms with Gasteiger partial charge in [0.2, 0.25) is 23.1 Å². The Hall–Kier alpha value is -3.85. The van der Waals surface area contributed by atoms with E-state index in [0.29, 0.717) is 19.3 Å². The van der Waals surface area contributed by atoms with Crippen LogP contribution in [0.15, 0.2) is 36.4 Å². The topological polar surface area (TPSA) is 223 Å². The van der Waals surface area contributed by atoms with E-state index in [9.17, 15) is 49.5 Å². The number of carboxylic acids is 3. The Morgan fingerprint density at radius 2 is 1.58 bits per heavy atom. The summed E-state index contributed by atoms with van der Waals surface area (Å²) in [5, 5.41) is 53.4. The average Bonchev–Trinajstić information content (AvgIpc) is 3.27. The summed E-state index contributed by atoms with van der Waals surface area (Å²) in [7, 11) is 0. The Balaban J connectivity index is 1.85. The van der Waals surface area contributed by atoms with Gasteiger partial charge in [-0.05, 0) is 37.2 Å². The zero-order valence-corrected chi connectivity index (χ0v) is 28.8. The summed E-state index contributed by atoms with van der Waals surface area (Å²) in [4.78, 5) is 62.7. The standard InChI is InChI=1S/C36H50O14/c1-4-5-6-7-8-9-13-21-27(38)48-29-28(39)34(49-30(31(40)41)35(46,32(42)43)36(29,50-34)33(44)45)22-15-20-26(47-24(3)37)23(2)16-14-19-25-17-11-10-12-18-25/h10-12,14,17-19,23,26,28-30,39,46H,4-9,13,15-16,20-22H2,1-3H3,(H,40,41)(H,42,43)(H,44,45)/b19-14+/t23?,26?,28-,29-,30+,34+,35-,36+/m1/s1. The molecule has 3 rings (SSSR count). The SMILES string of the molecule is CCCCCCCCCC(=O)O[C@@H]1[C@@H](O)[C@@]2(CCCC(OC(C)=O)C(C)C/C=C/c3ccccc3)O[C@@H](C(=O)O)[C@@](O)(C(=O)O)[C@]1(C(=O)O)O2. The second-order valence-corrected chi connectivity index (χ2v) is 13.2. The molecule has 0 radical (unpaired) electrons. The highest BCUT2D eigenvalue weighted by molar-refractivity contribution is 5.98. The van der Waals surface area contributed by atoms with Crippen LogP contribution in [0.4, 0.5) is 0 Å². The lowest BCUT2D eigenvalue weighted by Gasteiger charge is -2.48. The third-order valence-electron chi connectivity index (χ3n) is 9.43. The fraction of sp³-hybridized carbons (Fsp3) is 0.639. The number of ether oxygens (including phenoxy) is 4. The van der Waals surface area contributed by atoms with Crippen molar-refractivity contribution in [3.8, 4) is 0 Å². The van der Waals surface area contributed by atoms with Gasteiger partial charge in [0.15, 0.2) is 6.10 Å². The second-order valence-electron chi connectivity index (χ2n) is 13.2. The van der Waals surface area contributed by atoms with E-state index >= 15 is 0 Å². The van der Waals surface area contributed by atoms with E-state index in [1.165, 1.54) is 6.92 Å². The number of hydrogen-bond donors (Lipinski definition) is 5. The minimum absolute atomic E-state index is 0.0199. The number of fused-ring (bicyclic) bond motifs is 2. The first-order valence-corrected chi connectivity index (χ1v) is 17.2. The third kappa shape index (κ3) is 8.89. The van der Waals surface area contributed by atoms with Crippen LogP contribution in [0.3, 0.4) is 0 Å². The summed E-state index contributed by atoms with van der Waals surface area (Å²) < 4.78 is 22.1. The highest BCUT2D eigenvalue weighted by atomic mass is 16.8. The monoisotopic (exact) mass is 706 g/mol. The quantitative estimate of drug-likeness (QED) is 0.0897. The van der Waals surface area contributed by atoms with E-state index in [4.69, 9.17) is 18.9 Å². The van der Waals surface area contributed by atoms with Gasteiger partial charge in [0.25, 0.3) is 0 Å². The molecular formula is C36H50O14. The number of aliphatic carboxylic acids is 3. The molecule has 5 N–H and O–H groups in total. The average molecular weight is 707 g/mol. The largest absolute Gasteiger partial charge is 0.479 e. The molecule has 1 aromatic rings. The van der Waals surface area contributed by atoms with E-state index in [1.54, 1.807) is 0 Å². The minimum Gasteiger partial charge on any atom is -0.479 e. The number of hydrogen-bond acceptors (Lipinski definition) is 11.